The van der Waals surface area contributed by atoms with E-state index in [1.165, 1.54) is 4.55 Å². The van der Waals surface area contributed by atoms with Crippen LogP contribution in [0.3, 0.4) is 0 Å². The predicted octanol–water partition coefficient (Wildman–Crippen LogP) is 2.28. The topological polar surface area (TPSA) is 22.1 Å². The van der Waals surface area contributed by atoms with Gasteiger partial charge in [-0.3, -0.25) is 0 Å². The summed E-state index contributed by atoms with van der Waals surface area (Å²) in [6.45, 7) is 0.787. The molecule has 0 fully saturated rings. The molecule has 12 heavy (non-hydrogen) atoms. The molecule has 1 heterocycles. The number of hydrogen-bond acceptors (Lipinski definition) is 2. The summed E-state index contributed by atoms with van der Waals surface area (Å²) in [5.74, 6) is 0.730. The van der Waals surface area contributed by atoms with Crippen LogP contribution in [0.5, 0.6) is 5.88 Å². The van der Waals surface area contributed by atoms with Gasteiger partial charge in [0.1, 0.15) is 0 Å². The summed E-state index contributed by atoms with van der Waals surface area (Å²) in [5.41, 5.74) is 0. The Morgan fingerprint density at radius 1 is 1.50 bits per heavy atom. The van der Waals surface area contributed by atoms with Crippen LogP contribution < -0.4 is 4.74 Å². The van der Waals surface area contributed by atoms with Crippen LogP contribution in [0.25, 0.3) is 0 Å². The SMILES string of the molecule is [Br][Mg][CH2]CCOc1ccccn1. The van der Waals surface area contributed by atoms with Gasteiger partial charge in [0, 0.05) is 12.3 Å². The zero-order valence-corrected chi connectivity index (χ0v) is 9.87. The van der Waals surface area contributed by atoms with Crippen molar-refractivity contribution in [2.75, 3.05) is 6.61 Å². The van der Waals surface area contributed by atoms with Crippen LogP contribution in [-0.2, 0) is 0 Å². The third-order valence-corrected chi connectivity index (χ3v) is 3.87. The average Bonchev–Trinajstić information content (AvgIpc) is 2.14. The summed E-state index contributed by atoms with van der Waals surface area (Å²) in [6.07, 6.45) is 2.88. The molecule has 0 amide bonds. The Morgan fingerprint density at radius 3 is 3.08 bits per heavy atom. The van der Waals surface area contributed by atoms with Gasteiger partial charge in [0.25, 0.3) is 0 Å². The molecule has 0 radical (unpaired) electrons. The molecule has 0 aliphatic rings. The Kier molecular flexibility index (Phi) is 5.73. The van der Waals surface area contributed by atoms with Crippen LogP contribution in [0.1, 0.15) is 6.42 Å². The Hall–Kier alpha value is 0.196. The molecule has 0 bridgehead atoms. The third-order valence-electron chi connectivity index (χ3n) is 1.42. The molecule has 1 rings (SSSR count). The van der Waals surface area contributed by atoms with Gasteiger partial charge >= 0.3 is 18.2 Å². The van der Waals surface area contributed by atoms with Crippen LogP contribution in [0.4, 0.5) is 0 Å². The van der Waals surface area contributed by atoms with Crippen LogP contribution >= 0.6 is 12.9 Å². The van der Waals surface area contributed by atoms with E-state index in [0.29, 0.717) is 0 Å². The average molecular weight is 240 g/mol. The highest BCUT2D eigenvalue weighted by molar-refractivity contribution is 9.23. The minimum atomic E-state index is 0.0259. The highest BCUT2D eigenvalue weighted by Crippen LogP contribution is 2.04. The van der Waals surface area contributed by atoms with E-state index in [4.69, 9.17) is 4.74 Å². The third kappa shape index (κ3) is 4.28. The lowest BCUT2D eigenvalue weighted by Gasteiger charge is -2.02. The predicted molar refractivity (Wildman–Crippen MR) is 53.8 cm³/mol. The monoisotopic (exact) mass is 239 g/mol. The second-order valence-corrected chi connectivity index (χ2v) is 5.88. The number of halogens is 1. The van der Waals surface area contributed by atoms with E-state index in [9.17, 15) is 0 Å². The van der Waals surface area contributed by atoms with Crippen LogP contribution in [0.2, 0.25) is 4.55 Å². The number of nitrogens with zero attached hydrogens (tertiary/aromatic N) is 1. The number of pyridine rings is 1. The molecule has 62 valence electrons. The van der Waals surface area contributed by atoms with Gasteiger partial charge in [-0.05, 0) is 12.5 Å². The molecular weight excluding hydrogens is 230 g/mol. The summed E-state index contributed by atoms with van der Waals surface area (Å²) in [5, 5.41) is 0. The smallest absolute Gasteiger partial charge is 0.468 e. The maximum absolute atomic E-state index is 5.40. The molecular formula is C8H10BrMgNO. The van der Waals surface area contributed by atoms with Crippen LogP contribution in [0.15, 0.2) is 24.4 Å². The van der Waals surface area contributed by atoms with Crippen molar-refractivity contribution in [1.29, 1.82) is 0 Å². The minimum Gasteiger partial charge on any atom is -0.478 e. The molecule has 0 saturated carbocycles. The van der Waals surface area contributed by atoms with Crippen molar-refractivity contribution < 1.29 is 4.74 Å². The Labute approximate surface area is 88.3 Å². The van der Waals surface area contributed by atoms with Gasteiger partial charge in [0.2, 0.25) is 5.88 Å². The fourth-order valence-corrected chi connectivity index (χ4v) is 2.39. The summed E-state index contributed by atoms with van der Waals surface area (Å²) >= 11 is 3.53. The van der Waals surface area contributed by atoms with E-state index in [0.717, 1.165) is 18.9 Å². The first kappa shape index (κ1) is 10.3. The molecule has 0 aliphatic carbocycles. The van der Waals surface area contributed by atoms with Gasteiger partial charge in [0.05, 0.1) is 6.61 Å². The quantitative estimate of drug-likeness (QED) is 0.582. The molecule has 0 N–H and O–H groups in total. The van der Waals surface area contributed by atoms with Gasteiger partial charge in [-0.15, -0.1) is 4.55 Å². The van der Waals surface area contributed by atoms with E-state index in [1.54, 1.807) is 6.20 Å². The maximum Gasteiger partial charge on any atom is 0.468 e. The standard InChI is InChI=1S/C8H10NO.BrH.Mg/c1-2-7-10-8-5-3-4-6-9-8;;/h3-6H,1-2,7H2;1H;/q;;+1/p-1. The van der Waals surface area contributed by atoms with Crippen molar-refractivity contribution in [3.05, 3.63) is 24.4 Å². The minimum absolute atomic E-state index is 0.0259. The first-order chi connectivity index (χ1) is 5.93. The second-order valence-electron chi connectivity index (χ2n) is 2.41. The van der Waals surface area contributed by atoms with E-state index in [-0.39, 0.29) is 18.2 Å². The van der Waals surface area contributed by atoms with Crippen LogP contribution in [0, 0.1) is 0 Å². The normalized spacial score (nSPS) is 9.08. The lowest BCUT2D eigenvalue weighted by Crippen LogP contribution is -1.98. The molecule has 0 aromatic carbocycles. The molecule has 0 aliphatic heterocycles. The van der Waals surface area contributed by atoms with Crippen molar-refractivity contribution >= 4 is 31.1 Å². The Bertz CT molecular complexity index is 207. The zero-order valence-electron chi connectivity index (χ0n) is 6.87. The van der Waals surface area contributed by atoms with Gasteiger partial charge < -0.3 is 17.6 Å². The summed E-state index contributed by atoms with van der Waals surface area (Å²) in [7, 11) is 0. The molecule has 0 atom stereocenters. The summed E-state index contributed by atoms with van der Waals surface area (Å²) < 4.78 is 6.68. The van der Waals surface area contributed by atoms with E-state index in [1.807, 2.05) is 18.2 Å². The zero-order chi connectivity index (χ0) is 8.65. The van der Waals surface area contributed by atoms with Crippen molar-refractivity contribution in [2.45, 2.75) is 11.0 Å². The fourth-order valence-electron chi connectivity index (χ4n) is 0.806. The van der Waals surface area contributed by atoms with Gasteiger partial charge in [-0.1, -0.05) is 6.07 Å². The molecule has 2 nitrogen and oxygen atoms in total. The summed E-state index contributed by atoms with van der Waals surface area (Å²) in [4.78, 5) is 4.05. The lowest BCUT2D eigenvalue weighted by atomic mass is 10.5. The number of aromatic nitrogens is 1. The van der Waals surface area contributed by atoms with Crippen molar-refractivity contribution in [3.8, 4) is 5.88 Å². The van der Waals surface area contributed by atoms with E-state index >= 15 is 0 Å². The molecule has 0 unspecified atom stereocenters. The van der Waals surface area contributed by atoms with E-state index in [2.05, 4.69) is 17.9 Å². The van der Waals surface area contributed by atoms with Crippen molar-refractivity contribution in [3.63, 3.8) is 0 Å². The Balaban J connectivity index is 2.16. The molecule has 1 aromatic rings. The number of ether oxygens (including phenoxy) is 1. The highest BCUT2D eigenvalue weighted by atomic mass is 79.9. The van der Waals surface area contributed by atoms with E-state index < -0.39 is 0 Å². The van der Waals surface area contributed by atoms with Crippen LogP contribution in [-0.4, -0.2) is 29.8 Å². The molecule has 4 heteroatoms. The largest absolute Gasteiger partial charge is 0.478 e. The van der Waals surface area contributed by atoms with Crippen molar-refractivity contribution in [1.82, 2.24) is 4.98 Å². The lowest BCUT2D eigenvalue weighted by molar-refractivity contribution is 0.305. The maximum atomic E-state index is 5.40. The molecule has 0 spiro atoms. The highest BCUT2D eigenvalue weighted by Gasteiger charge is 1.93. The Morgan fingerprint density at radius 2 is 2.42 bits per heavy atom. The molecule has 0 saturated heterocycles. The number of rotatable bonds is 5. The number of hydrogen-bond donors (Lipinski definition) is 0. The van der Waals surface area contributed by atoms with Crippen molar-refractivity contribution in [2.24, 2.45) is 0 Å². The van der Waals surface area contributed by atoms with Gasteiger partial charge in [-0.2, -0.15) is 0 Å². The first-order valence-electron chi connectivity index (χ1n) is 4.03. The first-order valence-corrected chi connectivity index (χ1v) is 8.93. The fraction of sp³-hybridized carbons (Fsp3) is 0.375. The second kappa shape index (κ2) is 6.68. The van der Waals surface area contributed by atoms with Gasteiger partial charge in [-0.25, -0.2) is 4.98 Å². The summed E-state index contributed by atoms with van der Waals surface area (Å²) in [6, 6.07) is 5.70. The molecule has 1 aromatic heterocycles. The van der Waals surface area contributed by atoms with Gasteiger partial charge in [0.15, 0.2) is 0 Å².